The van der Waals surface area contributed by atoms with Crippen molar-refractivity contribution >= 4 is 38.0 Å². The van der Waals surface area contributed by atoms with Crippen molar-refractivity contribution in [3.63, 3.8) is 0 Å². The minimum absolute atomic E-state index is 0.252. The molecule has 0 bridgehead atoms. The van der Waals surface area contributed by atoms with Gasteiger partial charge in [-0.15, -0.1) is 11.3 Å². The van der Waals surface area contributed by atoms with Gasteiger partial charge in [0.05, 0.1) is 15.2 Å². The van der Waals surface area contributed by atoms with Crippen LogP contribution in [0.1, 0.15) is 16.1 Å². The first kappa shape index (κ1) is 14.0. The Labute approximate surface area is 137 Å². The summed E-state index contributed by atoms with van der Waals surface area (Å²) in [6.07, 6.45) is 4.35. The molecule has 0 saturated heterocycles. The van der Waals surface area contributed by atoms with Crippen LogP contribution in [0, 0.1) is 6.92 Å². The Morgan fingerprint density at radius 3 is 2.87 bits per heavy atom. The molecule has 114 valence electrons. The zero-order valence-corrected chi connectivity index (χ0v) is 13.4. The van der Waals surface area contributed by atoms with E-state index in [4.69, 9.17) is 10.7 Å². The van der Waals surface area contributed by atoms with E-state index in [0.717, 1.165) is 38.2 Å². The summed E-state index contributed by atoms with van der Waals surface area (Å²) in [5.74, 6) is 0.252. The van der Waals surface area contributed by atoms with E-state index >= 15 is 0 Å². The number of nitrogen functional groups attached to an aromatic ring is 1. The minimum atomic E-state index is 0.252. The average molecular weight is 321 g/mol. The standard InChI is InChI=1S/C18H15N3OS/c1-10-17(22)15-12(5-2-6-13(15)19)16-18(10)23-14(21-16)8-11-4-3-7-20-9-11/h2-7,9,22H,8,19H2,1H3. The Balaban J connectivity index is 1.96. The lowest BCUT2D eigenvalue weighted by atomic mass is 10.0. The monoisotopic (exact) mass is 321 g/mol. The van der Waals surface area contributed by atoms with Crippen LogP contribution in [0.25, 0.3) is 21.0 Å². The molecule has 4 rings (SSSR count). The molecule has 0 atom stereocenters. The molecule has 0 unspecified atom stereocenters. The Morgan fingerprint density at radius 1 is 1.22 bits per heavy atom. The van der Waals surface area contributed by atoms with Crippen molar-refractivity contribution in [2.75, 3.05) is 5.73 Å². The smallest absolute Gasteiger partial charge is 0.129 e. The number of nitrogens with two attached hydrogens (primary N) is 1. The van der Waals surface area contributed by atoms with Gasteiger partial charge in [-0.25, -0.2) is 4.98 Å². The van der Waals surface area contributed by atoms with Crippen molar-refractivity contribution in [1.82, 2.24) is 9.97 Å². The van der Waals surface area contributed by atoms with Crippen molar-refractivity contribution < 1.29 is 5.11 Å². The molecule has 0 radical (unpaired) electrons. The second-order valence-corrected chi connectivity index (χ2v) is 6.65. The van der Waals surface area contributed by atoms with E-state index in [1.807, 2.05) is 37.4 Å². The largest absolute Gasteiger partial charge is 0.507 e. The average Bonchev–Trinajstić information content (AvgIpc) is 2.97. The third-order valence-electron chi connectivity index (χ3n) is 4.03. The number of phenols is 1. The van der Waals surface area contributed by atoms with Gasteiger partial charge in [-0.3, -0.25) is 4.98 Å². The van der Waals surface area contributed by atoms with E-state index in [-0.39, 0.29) is 5.75 Å². The number of benzene rings is 2. The molecule has 4 nitrogen and oxygen atoms in total. The molecule has 0 aliphatic heterocycles. The third-order valence-corrected chi connectivity index (χ3v) is 5.21. The predicted molar refractivity (Wildman–Crippen MR) is 95.0 cm³/mol. The molecule has 23 heavy (non-hydrogen) atoms. The summed E-state index contributed by atoms with van der Waals surface area (Å²) in [5.41, 5.74) is 9.50. The summed E-state index contributed by atoms with van der Waals surface area (Å²) < 4.78 is 1.01. The van der Waals surface area contributed by atoms with Crippen molar-refractivity contribution in [2.45, 2.75) is 13.3 Å². The number of thiazole rings is 1. The van der Waals surface area contributed by atoms with Crippen LogP contribution in [0.2, 0.25) is 0 Å². The predicted octanol–water partition coefficient (Wildman–Crippen LogP) is 4.03. The van der Waals surface area contributed by atoms with Crippen LogP contribution in [0.15, 0.2) is 42.7 Å². The second kappa shape index (κ2) is 5.21. The number of rotatable bonds is 2. The summed E-state index contributed by atoms with van der Waals surface area (Å²) in [5, 5.41) is 13.1. The molecule has 2 aromatic heterocycles. The first-order chi connectivity index (χ1) is 11.1. The fraction of sp³-hybridized carbons (Fsp3) is 0.111. The minimum Gasteiger partial charge on any atom is -0.507 e. The SMILES string of the molecule is Cc1c(O)c2c(N)cccc2c2nc(Cc3cccnc3)sc12. The molecule has 0 amide bonds. The quantitative estimate of drug-likeness (QED) is 0.547. The van der Waals surface area contributed by atoms with Crippen LogP contribution in [-0.2, 0) is 6.42 Å². The number of fused-ring (bicyclic) bond motifs is 3. The van der Waals surface area contributed by atoms with Crippen molar-refractivity contribution in [1.29, 1.82) is 0 Å². The van der Waals surface area contributed by atoms with Gasteiger partial charge in [0.2, 0.25) is 0 Å². The van der Waals surface area contributed by atoms with Crippen molar-refractivity contribution in [2.24, 2.45) is 0 Å². The van der Waals surface area contributed by atoms with Crippen molar-refractivity contribution in [3.05, 3.63) is 58.9 Å². The van der Waals surface area contributed by atoms with Crippen LogP contribution in [0.4, 0.5) is 5.69 Å². The first-order valence-corrected chi connectivity index (χ1v) is 8.15. The maximum Gasteiger partial charge on any atom is 0.129 e. The number of phenolic OH excluding ortho intramolecular Hbond substituents is 1. The summed E-state index contributed by atoms with van der Waals surface area (Å²) in [4.78, 5) is 8.95. The number of aryl methyl sites for hydroxylation is 1. The van der Waals surface area contributed by atoms with Gasteiger partial charge in [0.15, 0.2) is 0 Å². The van der Waals surface area contributed by atoms with E-state index in [1.165, 1.54) is 0 Å². The number of nitrogens with zero attached hydrogens (tertiary/aromatic N) is 2. The molecule has 0 saturated carbocycles. The fourth-order valence-electron chi connectivity index (χ4n) is 2.88. The highest BCUT2D eigenvalue weighted by atomic mass is 32.1. The lowest BCUT2D eigenvalue weighted by molar-refractivity contribution is 0.479. The number of pyridine rings is 1. The Bertz CT molecular complexity index is 1020. The molecule has 4 aromatic rings. The lowest BCUT2D eigenvalue weighted by Gasteiger charge is -2.08. The molecule has 0 fully saturated rings. The molecular formula is C18H15N3OS. The number of anilines is 1. The maximum atomic E-state index is 10.5. The van der Waals surface area contributed by atoms with E-state index in [1.54, 1.807) is 23.6 Å². The third kappa shape index (κ3) is 2.21. The molecule has 5 heteroatoms. The Morgan fingerprint density at radius 2 is 2.09 bits per heavy atom. The van der Waals surface area contributed by atoms with Gasteiger partial charge >= 0.3 is 0 Å². The highest BCUT2D eigenvalue weighted by Gasteiger charge is 2.17. The fourth-order valence-corrected chi connectivity index (χ4v) is 3.99. The molecule has 2 aromatic carbocycles. The summed E-state index contributed by atoms with van der Waals surface area (Å²) >= 11 is 1.61. The van der Waals surface area contributed by atoms with Crippen LogP contribution in [0.3, 0.4) is 0 Å². The zero-order valence-electron chi connectivity index (χ0n) is 12.6. The van der Waals surface area contributed by atoms with Crippen LogP contribution in [0.5, 0.6) is 5.75 Å². The lowest BCUT2D eigenvalue weighted by Crippen LogP contribution is -1.90. The Hall–Kier alpha value is -2.66. The van der Waals surface area contributed by atoms with Gasteiger partial charge < -0.3 is 10.8 Å². The Kier molecular flexibility index (Phi) is 3.16. The van der Waals surface area contributed by atoms with E-state index in [0.29, 0.717) is 11.1 Å². The van der Waals surface area contributed by atoms with E-state index in [2.05, 4.69) is 4.98 Å². The van der Waals surface area contributed by atoms with Crippen LogP contribution >= 0.6 is 11.3 Å². The highest BCUT2D eigenvalue weighted by molar-refractivity contribution is 7.19. The summed E-state index contributed by atoms with van der Waals surface area (Å²) in [7, 11) is 0. The number of aromatic hydroxyl groups is 1. The van der Waals surface area contributed by atoms with Gasteiger partial charge in [-0.05, 0) is 24.6 Å². The molecule has 0 aliphatic rings. The molecular weight excluding hydrogens is 306 g/mol. The van der Waals surface area contributed by atoms with Gasteiger partial charge in [-0.2, -0.15) is 0 Å². The van der Waals surface area contributed by atoms with Gasteiger partial charge in [0, 0.05) is 40.8 Å². The summed E-state index contributed by atoms with van der Waals surface area (Å²) in [6, 6.07) is 9.62. The van der Waals surface area contributed by atoms with Crippen LogP contribution < -0.4 is 5.73 Å². The summed E-state index contributed by atoms with van der Waals surface area (Å²) in [6.45, 7) is 1.91. The number of hydrogen-bond acceptors (Lipinski definition) is 5. The molecule has 2 heterocycles. The second-order valence-electron chi connectivity index (χ2n) is 5.57. The van der Waals surface area contributed by atoms with Crippen molar-refractivity contribution in [3.8, 4) is 5.75 Å². The van der Waals surface area contributed by atoms with Gasteiger partial charge in [0.1, 0.15) is 5.75 Å². The normalized spacial score (nSPS) is 11.3. The van der Waals surface area contributed by atoms with E-state index in [9.17, 15) is 5.11 Å². The van der Waals surface area contributed by atoms with Crippen LogP contribution in [-0.4, -0.2) is 15.1 Å². The zero-order chi connectivity index (χ0) is 16.0. The first-order valence-electron chi connectivity index (χ1n) is 7.33. The topological polar surface area (TPSA) is 72.0 Å². The highest BCUT2D eigenvalue weighted by Crippen LogP contribution is 2.41. The molecule has 0 aliphatic carbocycles. The number of aromatic nitrogens is 2. The van der Waals surface area contributed by atoms with Gasteiger partial charge in [-0.1, -0.05) is 18.2 Å². The maximum absolute atomic E-state index is 10.5. The van der Waals surface area contributed by atoms with Gasteiger partial charge in [0.25, 0.3) is 0 Å². The molecule has 3 N–H and O–H groups in total. The number of hydrogen-bond donors (Lipinski definition) is 2. The molecule has 0 spiro atoms. The van der Waals surface area contributed by atoms with E-state index < -0.39 is 0 Å².